The van der Waals surface area contributed by atoms with Crippen LogP contribution in [0.25, 0.3) is 0 Å². The number of allylic oxidation sites excluding steroid dienone is 6. The molecular weight excluding hydrogens is 815 g/mol. The highest BCUT2D eigenvalue weighted by atomic mass is 16.7. The summed E-state index contributed by atoms with van der Waals surface area (Å²) in [5.74, 6) is -2.00. The van der Waals surface area contributed by atoms with Crippen LogP contribution in [0.1, 0.15) is 245 Å². The molecule has 0 aliphatic carbocycles. The van der Waals surface area contributed by atoms with E-state index in [0.717, 1.165) is 57.8 Å². The van der Waals surface area contributed by atoms with Crippen LogP contribution >= 0.6 is 0 Å². The Kier molecular flexibility index (Phi) is 46.1. The van der Waals surface area contributed by atoms with Gasteiger partial charge in [0.2, 0.25) is 0 Å². The highest BCUT2D eigenvalue weighted by Crippen LogP contribution is 2.16. The number of unbranched alkanes of at least 4 members (excludes halogenated alkanes) is 29. The molecule has 0 rings (SSSR count). The molecule has 1 N–H and O–H groups in total. The highest BCUT2D eigenvalue weighted by Gasteiger charge is 2.25. The minimum Gasteiger partial charge on any atom is -0.477 e. The SMILES string of the molecule is CCCCCCC/C=C\C/C=C\C/C=C\CCCCCCCCCCCCC(=O)OC(COC(=O)CCCCCCCCCCCCCCCCC)COC(OCC[N+](C)(C)C)C(=O)O. The molecule has 0 spiro atoms. The Morgan fingerprint density at radius 3 is 1.23 bits per heavy atom. The van der Waals surface area contributed by atoms with E-state index in [1.807, 2.05) is 21.1 Å². The lowest BCUT2D eigenvalue weighted by molar-refractivity contribution is -0.870. The van der Waals surface area contributed by atoms with Crippen LogP contribution in [0, 0.1) is 0 Å². The second-order valence-corrected chi connectivity index (χ2v) is 19.5. The Bertz CT molecular complexity index is 1160. The Morgan fingerprint density at radius 1 is 0.462 bits per heavy atom. The average Bonchev–Trinajstić information content (AvgIpc) is 3.27. The van der Waals surface area contributed by atoms with Gasteiger partial charge in [-0.15, -0.1) is 0 Å². The first kappa shape index (κ1) is 62.5. The van der Waals surface area contributed by atoms with Crippen molar-refractivity contribution in [3.63, 3.8) is 0 Å². The molecule has 9 nitrogen and oxygen atoms in total. The number of esters is 2. The summed E-state index contributed by atoms with van der Waals surface area (Å²) in [5, 5.41) is 9.68. The van der Waals surface area contributed by atoms with Crippen LogP contribution in [0.5, 0.6) is 0 Å². The molecule has 9 heteroatoms. The second kappa shape index (κ2) is 48.0. The largest absolute Gasteiger partial charge is 0.477 e. The van der Waals surface area contributed by atoms with Crippen LogP contribution in [-0.4, -0.2) is 87.4 Å². The summed E-state index contributed by atoms with van der Waals surface area (Å²) in [6.07, 6.45) is 53.5. The predicted octanol–water partition coefficient (Wildman–Crippen LogP) is 15.3. The number of carboxylic acid groups (broad SMARTS) is 1. The number of quaternary nitrogens is 1. The van der Waals surface area contributed by atoms with Gasteiger partial charge in [0.15, 0.2) is 6.10 Å². The van der Waals surface area contributed by atoms with Crippen LogP contribution in [0.15, 0.2) is 36.5 Å². The minimum atomic E-state index is -1.51. The summed E-state index contributed by atoms with van der Waals surface area (Å²) >= 11 is 0. The molecule has 0 heterocycles. The molecule has 65 heavy (non-hydrogen) atoms. The number of hydrogen-bond acceptors (Lipinski definition) is 7. The highest BCUT2D eigenvalue weighted by molar-refractivity contribution is 5.71. The molecule has 380 valence electrons. The van der Waals surface area contributed by atoms with Crippen LogP contribution in [0.2, 0.25) is 0 Å². The molecule has 0 aliphatic heterocycles. The number of rotatable bonds is 50. The summed E-state index contributed by atoms with van der Waals surface area (Å²) in [5.41, 5.74) is 0. The predicted molar refractivity (Wildman–Crippen MR) is 272 cm³/mol. The molecule has 0 aromatic heterocycles. The van der Waals surface area contributed by atoms with E-state index in [-0.39, 0.29) is 32.2 Å². The van der Waals surface area contributed by atoms with Crippen LogP contribution < -0.4 is 0 Å². The molecule has 0 amide bonds. The maximum atomic E-state index is 12.8. The Morgan fingerprint density at radius 2 is 0.831 bits per heavy atom. The van der Waals surface area contributed by atoms with Crippen molar-refractivity contribution in [2.45, 2.75) is 257 Å². The topological polar surface area (TPSA) is 108 Å². The number of likely N-dealkylation sites (N-methyl/N-ethyl adjacent to an activating group) is 1. The van der Waals surface area contributed by atoms with E-state index >= 15 is 0 Å². The fraction of sp³-hybridized carbons (Fsp3) is 0.839. The van der Waals surface area contributed by atoms with E-state index in [1.54, 1.807) is 0 Å². The Balaban J connectivity index is 4.27. The first-order valence-electron chi connectivity index (χ1n) is 27.2. The van der Waals surface area contributed by atoms with Gasteiger partial charge in [-0.25, -0.2) is 4.79 Å². The third-order valence-electron chi connectivity index (χ3n) is 11.9. The number of ether oxygens (including phenoxy) is 4. The van der Waals surface area contributed by atoms with Gasteiger partial charge in [-0.05, 0) is 51.4 Å². The summed E-state index contributed by atoms with van der Waals surface area (Å²) < 4.78 is 22.8. The van der Waals surface area contributed by atoms with E-state index in [4.69, 9.17) is 18.9 Å². The maximum absolute atomic E-state index is 12.8. The van der Waals surface area contributed by atoms with Crippen LogP contribution in [-0.2, 0) is 33.3 Å². The summed E-state index contributed by atoms with van der Waals surface area (Å²) in [7, 11) is 5.97. The van der Waals surface area contributed by atoms with Crippen molar-refractivity contribution >= 4 is 17.9 Å². The van der Waals surface area contributed by atoms with Gasteiger partial charge in [-0.2, -0.15) is 0 Å². The fourth-order valence-electron chi connectivity index (χ4n) is 7.67. The van der Waals surface area contributed by atoms with Gasteiger partial charge >= 0.3 is 17.9 Å². The number of nitrogens with zero attached hydrogens (tertiary/aromatic N) is 1. The first-order valence-corrected chi connectivity index (χ1v) is 27.2. The van der Waals surface area contributed by atoms with Gasteiger partial charge in [0.05, 0.1) is 34.4 Å². The van der Waals surface area contributed by atoms with Crippen molar-refractivity contribution in [1.29, 1.82) is 0 Å². The third-order valence-corrected chi connectivity index (χ3v) is 11.9. The molecule has 0 bridgehead atoms. The van der Waals surface area contributed by atoms with E-state index in [2.05, 4.69) is 50.3 Å². The summed E-state index contributed by atoms with van der Waals surface area (Å²) in [6, 6.07) is 0. The molecule has 2 unspecified atom stereocenters. The van der Waals surface area contributed by atoms with Crippen molar-refractivity contribution in [3.05, 3.63) is 36.5 Å². The van der Waals surface area contributed by atoms with Gasteiger partial charge < -0.3 is 28.5 Å². The Labute approximate surface area is 400 Å². The zero-order chi connectivity index (χ0) is 47.7. The number of carbonyl (C=O) groups is 3. The first-order chi connectivity index (χ1) is 31.6. The quantitative estimate of drug-likeness (QED) is 0.0211. The lowest BCUT2D eigenvalue weighted by Gasteiger charge is -2.25. The van der Waals surface area contributed by atoms with Crippen molar-refractivity contribution in [1.82, 2.24) is 0 Å². The van der Waals surface area contributed by atoms with Crippen LogP contribution in [0.3, 0.4) is 0 Å². The smallest absolute Gasteiger partial charge is 0.361 e. The van der Waals surface area contributed by atoms with Gasteiger partial charge in [0, 0.05) is 12.8 Å². The monoisotopic (exact) mass is 919 g/mol. The standard InChI is InChI=1S/C56H103NO8/c1-6-8-10-12-14-16-18-20-22-23-24-25-26-27-28-29-30-31-33-35-37-39-41-43-45-47-54(59)65-52(51-64-56(55(60)61)62-49-48-57(3,4)5)50-63-53(58)46-44-42-40-38-36-34-32-21-19-17-15-13-11-9-7-2/h18,20,23-24,26-27,52,56H,6-17,19,21-22,25,28-51H2,1-5H3/p+1/b20-18-,24-23-,27-26-. The van der Waals surface area contributed by atoms with Crippen molar-refractivity contribution in [2.24, 2.45) is 0 Å². The summed E-state index contributed by atoms with van der Waals surface area (Å²) in [4.78, 5) is 37.3. The van der Waals surface area contributed by atoms with E-state index in [1.165, 1.54) is 161 Å². The van der Waals surface area contributed by atoms with Gasteiger partial charge in [-0.3, -0.25) is 9.59 Å². The number of carbonyl (C=O) groups excluding carboxylic acids is 2. The lowest BCUT2D eigenvalue weighted by atomic mass is 10.0. The fourth-order valence-corrected chi connectivity index (χ4v) is 7.67. The van der Waals surface area contributed by atoms with Gasteiger partial charge in [-0.1, -0.05) is 217 Å². The van der Waals surface area contributed by atoms with E-state index in [0.29, 0.717) is 17.4 Å². The molecule has 0 aromatic rings. The second-order valence-electron chi connectivity index (χ2n) is 19.5. The minimum absolute atomic E-state index is 0.180. The van der Waals surface area contributed by atoms with Crippen molar-refractivity contribution in [3.8, 4) is 0 Å². The normalized spacial score (nSPS) is 13.1. The molecule has 0 radical (unpaired) electrons. The van der Waals surface area contributed by atoms with Crippen LogP contribution in [0.4, 0.5) is 0 Å². The number of carboxylic acids is 1. The molecule has 2 atom stereocenters. The molecular formula is C56H104NO8+. The summed E-state index contributed by atoms with van der Waals surface area (Å²) in [6.45, 7) is 4.89. The van der Waals surface area contributed by atoms with E-state index in [9.17, 15) is 19.5 Å². The van der Waals surface area contributed by atoms with Gasteiger partial charge in [0.1, 0.15) is 13.2 Å². The van der Waals surface area contributed by atoms with Crippen molar-refractivity contribution in [2.75, 3.05) is 47.5 Å². The van der Waals surface area contributed by atoms with Gasteiger partial charge in [0.25, 0.3) is 6.29 Å². The van der Waals surface area contributed by atoms with E-state index < -0.39 is 24.3 Å². The molecule has 0 fully saturated rings. The zero-order valence-electron chi connectivity index (χ0n) is 43.2. The number of aliphatic carboxylic acids is 1. The zero-order valence-corrected chi connectivity index (χ0v) is 43.2. The van der Waals surface area contributed by atoms with Crippen molar-refractivity contribution < 1.29 is 42.9 Å². The molecule has 0 aliphatic rings. The molecule has 0 aromatic carbocycles. The Hall–Kier alpha value is -2.49. The molecule has 0 saturated carbocycles. The third kappa shape index (κ3) is 49.2. The lowest BCUT2D eigenvalue weighted by Crippen LogP contribution is -2.40. The molecule has 0 saturated heterocycles. The number of hydrogen-bond donors (Lipinski definition) is 1. The average molecular weight is 919 g/mol. The maximum Gasteiger partial charge on any atom is 0.361 e.